The molecule has 1 heterocycles. The van der Waals surface area contributed by atoms with Crippen LogP contribution in [-0.2, 0) is 6.54 Å². The number of thiazole rings is 1. The van der Waals surface area contributed by atoms with Crippen molar-refractivity contribution in [1.29, 1.82) is 0 Å². The Hall–Kier alpha value is -1.91. The van der Waals surface area contributed by atoms with Crippen LogP contribution in [0.5, 0.6) is 5.75 Å². The molecule has 0 fully saturated rings. The van der Waals surface area contributed by atoms with Crippen molar-refractivity contribution in [3.8, 4) is 5.75 Å². The van der Waals surface area contributed by atoms with E-state index in [1.54, 1.807) is 17.4 Å². The van der Waals surface area contributed by atoms with Gasteiger partial charge >= 0.3 is 0 Å². The van der Waals surface area contributed by atoms with Gasteiger partial charge in [0.2, 0.25) is 0 Å². The summed E-state index contributed by atoms with van der Waals surface area (Å²) in [5, 5.41) is 19.0. The summed E-state index contributed by atoms with van der Waals surface area (Å²) in [7, 11) is 0. The van der Waals surface area contributed by atoms with Crippen molar-refractivity contribution in [1.82, 2.24) is 10.3 Å². The number of aryl methyl sites for hydroxylation is 1. The minimum atomic E-state index is 0.169. The van der Waals surface area contributed by atoms with E-state index < -0.39 is 0 Å². The van der Waals surface area contributed by atoms with Crippen LogP contribution in [-0.4, -0.2) is 10.1 Å². The lowest BCUT2D eigenvalue weighted by Crippen LogP contribution is -2.18. The summed E-state index contributed by atoms with van der Waals surface area (Å²) in [5.41, 5.74) is 1.99. The Balaban J connectivity index is 1.83. The lowest BCUT2D eigenvalue weighted by molar-refractivity contribution is 0.462. The largest absolute Gasteiger partial charge is 0.508 e. The smallest absolute Gasteiger partial charge is 0.120 e. The molecule has 0 aliphatic carbocycles. The number of aromatic nitrogens is 1. The van der Waals surface area contributed by atoms with Gasteiger partial charge in [0.25, 0.3) is 0 Å². The van der Waals surface area contributed by atoms with E-state index in [9.17, 15) is 5.11 Å². The zero-order valence-electron chi connectivity index (χ0n) is 12.1. The van der Waals surface area contributed by atoms with E-state index in [1.165, 1.54) is 0 Å². The molecule has 0 spiro atoms. The lowest BCUT2D eigenvalue weighted by Gasteiger charge is -2.14. The third-order valence-electron chi connectivity index (χ3n) is 3.61. The number of hydrogen-bond donors (Lipinski definition) is 2. The molecule has 2 N–H and O–H groups in total. The second-order valence-electron chi connectivity index (χ2n) is 5.21. The van der Waals surface area contributed by atoms with E-state index in [4.69, 9.17) is 0 Å². The van der Waals surface area contributed by atoms with Crippen molar-refractivity contribution in [2.45, 2.75) is 26.4 Å². The van der Waals surface area contributed by atoms with Crippen LogP contribution in [0.4, 0.5) is 0 Å². The first-order valence-electron chi connectivity index (χ1n) is 7.00. The monoisotopic (exact) mass is 298 g/mol. The number of rotatable bonds is 4. The Morgan fingerprint density at radius 3 is 2.81 bits per heavy atom. The summed E-state index contributed by atoms with van der Waals surface area (Å²) in [6.45, 7) is 4.72. The average Bonchev–Trinajstić information content (AvgIpc) is 2.92. The molecule has 0 saturated carbocycles. The van der Waals surface area contributed by atoms with Crippen molar-refractivity contribution in [2.24, 2.45) is 0 Å². The highest BCUT2D eigenvalue weighted by Crippen LogP contribution is 2.28. The Morgan fingerprint density at radius 1 is 1.24 bits per heavy atom. The molecule has 0 aliphatic rings. The van der Waals surface area contributed by atoms with E-state index in [1.807, 2.05) is 31.2 Å². The molecule has 3 nitrogen and oxygen atoms in total. The maximum Gasteiger partial charge on any atom is 0.120 e. The maximum atomic E-state index is 10.1. The molecule has 1 unspecified atom stereocenters. The number of phenolic OH excluding ortho intramolecular Hbond substituents is 1. The van der Waals surface area contributed by atoms with Gasteiger partial charge in [-0.1, -0.05) is 30.3 Å². The van der Waals surface area contributed by atoms with Crippen molar-refractivity contribution in [3.05, 3.63) is 58.0 Å². The maximum absolute atomic E-state index is 10.1. The van der Waals surface area contributed by atoms with E-state index >= 15 is 0 Å². The van der Waals surface area contributed by atoms with Crippen LogP contribution in [0.1, 0.15) is 29.2 Å². The highest BCUT2D eigenvalue weighted by molar-refractivity contribution is 7.09. The van der Waals surface area contributed by atoms with Crippen LogP contribution >= 0.6 is 11.3 Å². The Morgan fingerprint density at radius 2 is 2.05 bits per heavy atom. The van der Waals surface area contributed by atoms with Gasteiger partial charge in [-0.05, 0) is 30.7 Å². The van der Waals surface area contributed by atoms with Crippen molar-refractivity contribution in [3.63, 3.8) is 0 Å². The number of nitrogens with one attached hydrogen (secondary N) is 1. The summed E-state index contributed by atoms with van der Waals surface area (Å²) in [4.78, 5) is 4.50. The van der Waals surface area contributed by atoms with Crippen LogP contribution in [0.3, 0.4) is 0 Å². The van der Waals surface area contributed by atoms with Crippen LogP contribution in [0.2, 0.25) is 0 Å². The minimum absolute atomic E-state index is 0.169. The standard InChI is InChI=1S/C17H18N2OS/c1-11-10-21-17(19-11)12(2)18-9-15-14-6-4-3-5-13(14)7-8-16(15)20/h3-8,10,12,18,20H,9H2,1-2H3. The molecule has 3 rings (SSSR count). The van der Waals surface area contributed by atoms with Crippen molar-refractivity contribution < 1.29 is 5.11 Å². The van der Waals surface area contributed by atoms with Gasteiger partial charge in [-0.15, -0.1) is 11.3 Å². The fourth-order valence-electron chi connectivity index (χ4n) is 2.42. The molecule has 0 radical (unpaired) electrons. The molecular weight excluding hydrogens is 280 g/mol. The zero-order valence-corrected chi connectivity index (χ0v) is 12.9. The van der Waals surface area contributed by atoms with Gasteiger partial charge in [-0.2, -0.15) is 0 Å². The molecule has 0 amide bonds. The van der Waals surface area contributed by atoms with E-state index in [0.29, 0.717) is 12.3 Å². The van der Waals surface area contributed by atoms with Gasteiger partial charge in [0.15, 0.2) is 0 Å². The third-order valence-corrected chi connectivity index (χ3v) is 4.75. The zero-order chi connectivity index (χ0) is 14.8. The number of benzene rings is 2. The summed E-state index contributed by atoms with van der Waals surface area (Å²) in [6.07, 6.45) is 0. The molecule has 3 aromatic rings. The number of phenols is 1. The average molecular weight is 298 g/mol. The minimum Gasteiger partial charge on any atom is -0.508 e. The number of fused-ring (bicyclic) bond motifs is 1. The molecule has 0 aliphatic heterocycles. The first-order chi connectivity index (χ1) is 10.1. The van der Waals surface area contributed by atoms with Gasteiger partial charge < -0.3 is 10.4 Å². The molecule has 0 saturated heterocycles. The highest BCUT2D eigenvalue weighted by Gasteiger charge is 2.11. The Bertz CT molecular complexity index is 766. The molecule has 2 aromatic carbocycles. The fourth-order valence-corrected chi connectivity index (χ4v) is 3.25. The molecule has 4 heteroatoms. The molecule has 21 heavy (non-hydrogen) atoms. The normalized spacial score (nSPS) is 12.7. The van der Waals surface area contributed by atoms with Crippen LogP contribution < -0.4 is 5.32 Å². The first kappa shape index (κ1) is 14.0. The molecule has 108 valence electrons. The SMILES string of the molecule is Cc1csc(C(C)NCc2c(O)ccc3ccccc23)n1. The molecule has 1 aromatic heterocycles. The lowest BCUT2D eigenvalue weighted by atomic mass is 10.0. The van der Waals surface area contributed by atoms with Gasteiger partial charge in [-0.3, -0.25) is 0 Å². The summed E-state index contributed by atoms with van der Waals surface area (Å²) in [6, 6.07) is 12.0. The van der Waals surface area contributed by atoms with E-state index in [-0.39, 0.29) is 6.04 Å². The second-order valence-corrected chi connectivity index (χ2v) is 6.10. The van der Waals surface area contributed by atoms with Crippen LogP contribution in [0, 0.1) is 6.92 Å². The van der Waals surface area contributed by atoms with Crippen LogP contribution in [0.25, 0.3) is 10.8 Å². The Labute approximate surface area is 128 Å². The van der Waals surface area contributed by atoms with Crippen molar-refractivity contribution in [2.75, 3.05) is 0 Å². The van der Waals surface area contributed by atoms with Gasteiger partial charge in [0.1, 0.15) is 10.8 Å². The van der Waals surface area contributed by atoms with Gasteiger partial charge in [-0.25, -0.2) is 4.98 Å². The second kappa shape index (κ2) is 5.84. The summed E-state index contributed by atoms with van der Waals surface area (Å²) >= 11 is 1.66. The number of hydrogen-bond acceptors (Lipinski definition) is 4. The Kier molecular flexibility index (Phi) is 3.90. The van der Waals surface area contributed by atoms with Crippen LogP contribution in [0.15, 0.2) is 41.8 Å². The summed E-state index contributed by atoms with van der Waals surface area (Å²) in [5.74, 6) is 0.337. The van der Waals surface area contributed by atoms with Gasteiger partial charge in [0.05, 0.1) is 6.04 Å². The molecule has 1 atom stereocenters. The summed E-state index contributed by atoms with van der Waals surface area (Å²) < 4.78 is 0. The number of aromatic hydroxyl groups is 1. The highest BCUT2D eigenvalue weighted by atomic mass is 32.1. The predicted molar refractivity (Wildman–Crippen MR) is 87.7 cm³/mol. The third kappa shape index (κ3) is 2.91. The molecular formula is C17H18N2OS. The van der Waals surface area contributed by atoms with Crippen molar-refractivity contribution >= 4 is 22.1 Å². The topological polar surface area (TPSA) is 45.1 Å². The first-order valence-corrected chi connectivity index (χ1v) is 7.88. The van der Waals surface area contributed by atoms with E-state index in [2.05, 4.69) is 28.7 Å². The number of nitrogens with zero attached hydrogens (tertiary/aromatic N) is 1. The van der Waals surface area contributed by atoms with E-state index in [0.717, 1.165) is 27.0 Å². The fraction of sp³-hybridized carbons (Fsp3) is 0.235. The predicted octanol–water partition coefficient (Wildman–Crippen LogP) is 4.16. The quantitative estimate of drug-likeness (QED) is 0.760. The van der Waals surface area contributed by atoms with Gasteiger partial charge in [0, 0.05) is 23.2 Å². The molecule has 0 bridgehead atoms.